The second-order valence-electron chi connectivity index (χ2n) is 12.6. The molecule has 4 heterocycles. The number of nitrogens with zero attached hydrogens (tertiary/aromatic N) is 6. The van der Waals surface area contributed by atoms with Crippen molar-refractivity contribution < 1.29 is 21.9 Å². The van der Waals surface area contributed by atoms with E-state index < -0.39 is 21.5 Å². The molecule has 4 aromatic rings. The quantitative estimate of drug-likeness (QED) is 0.207. The van der Waals surface area contributed by atoms with Gasteiger partial charge in [-0.15, -0.1) is 0 Å². The van der Waals surface area contributed by atoms with Gasteiger partial charge in [0.1, 0.15) is 11.6 Å². The molecule has 14 heteroatoms. The van der Waals surface area contributed by atoms with Crippen molar-refractivity contribution in [3.8, 4) is 5.75 Å². The van der Waals surface area contributed by atoms with E-state index in [1.807, 2.05) is 11.8 Å². The van der Waals surface area contributed by atoms with Gasteiger partial charge in [0.25, 0.3) is 0 Å². The zero-order valence-electron chi connectivity index (χ0n) is 27.7. The molecule has 0 radical (unpaired) electrons. The van der Waals surface area contributed by atoms with Crippen LogP contribution in [0, 0.1) is 24.5 Å². The van der Waals surface area contributed by atoms with Crippen molar-refractivity contribution in [2.75, 3.05) is 48.8 Å². The number of benzene rings is 2. The van der Waals surface area contributed by atoms with E-state index in [2.05, 4.69) is 24.8 Å². The number of aromatic nitrogens is 4. The van der Waals surface area contributed by atoms with Crippen molar-refractivity contribution in [1.29, 1.82) is 0 Å². The molecule has 2 aromatic heterocycles. The Bertz CT molecular complexity index is 1760. The summed E-state index contributed by atoms with van der Waals surface area (Å²) in [6, 6.07) is 9.98. The molecule has 0 saturated carbocycles. The van der Waals surface area contributed by atoms with Crippen LogP contribution in [-0.4, -0.2) is 73.4 Å². The summed E-state index contributed by atoms with van der Waals surface area (Å²) >= 11 is 5.88. The van der Waals surface area contributed by atoms with E-state index in [9.17, 15) is 17.2 Å². The number of rotatable bonds is 9. The van der Waals surface area contributed by atoms with Crippen LogP contribution >= 0.6 is 11.6 Å². The van der Waals surface area contributed by atoms with Gasteiger partial charge in [-0.3, -0.25) is 0 Å². The highest BCUT2D eigenvalue weighted by Gasteiger charge is 2.31. The molecular formula is C35H42ClF2N7O3S. The van der Waals surface area contributed by atoms with Crippen molar-refractivity contribution in [3.63, 3.8) is 0 Å². The molecule has 0 spiro atoms. The van der Waals surface area contributed by atoms with Crippen LogP contribution in [0.25, 0.3) is 0 Å². The summed E-state index contributed by atoms with van der Waals surface area (Å²) < 4.78 is 55.6. The molecule has 2 N–H and O–H groups in total. The smallest absolute Gasteiger partial charge is 0.225 e. The predicted molar refractivity (Wildman–Crippen MR) is 187 cm³/mol. The standard InChI is InChI=1S/C27H32ClF2N7O.C8H10O2S/c28-19-13-32-26(33-14-19)36-8-5-18(6-9-36)2-1-11-38-21-15-34-27(35-16-21)37-10-7-22(25(31)17-37)23-12-20(29)3-4-24(23)30;1-7-3-5-8(6-4-7)11(2,9)10/h3-4,12-16,18,22,25H,1-2,5-11,17,31H2;3-6H,1-2H3/t22-,25+;/m1./s1. The van der Waals surface area contributed by atoms with Crippen LogP contribution in [0.2, 0.25) is 5.02 Å². The number of aryl methyl sites for hydroxylation is 1. The lowest BCUT2D eigenvalue weighted by molar-refractivity contribution is 0.277. The van der Waals surface area contributed by atoms with Crippen LogP contribution in [0.3, 0.4) is 0 Å². The SMILES string of the molecule is Cc1ccc(S(C)(=O)=O)cc1.N[C@H]1CN(c2ncc(OCCCC3CCN(c4ncc(Cl)cn4)CC3)cn2)CC[C@@H]1c1cc(F)ccc1F. The Morgan fingerprint density at radius 3 is 2.14 bits per heavy atom. The lowest BCUT2D eigenvalue weighted by Crippen LogP contribution is -2.48. The summed E-state index contributed by atoms with van der Waals surface area (Å²) in [5, 5.41) is 0.549. The fraction of sp³-hybridized carbons (Fsp3) is 0.429. The van der Waals surface area contributed by atoms with E-state index in [4.69, 9.17) is 22.1 Å². The number of hydrogen-bond donors (Lipinski definition) is 1. The lowest BCUT2D eigenvalue weighted by Gasteiger charge is -2.37. The largest absolute Gasteiger partial charge is 0.490 e. The summed E-state index contributed by atoms with van der Waals surface area (Å²) in [5.74, 6) is 1.47. The van der Waals surface area contributed by atoms with Crippen LogP contribution < -0.4 is 20.3 Å². The highest BCUT2D eigenvalue weighted by molar-refractivity contribution is 7.90. The molecule has 10 nitrogen and oxygen atoms in total. The third-order valence-electron chi connectivity index (χ3n) is 8.89. The van der Waals surface area contributed by atoms with Gasteiger partial charge in [0.05, 0.1) is 41.3 Å². The second kappa shape index (κ2) is 16.6. The van der Waals surface area contributed by atoms with Crippen molar-refractivity contribution in [3.05, 3.63) is 95.0 Å². The second-order valence-corrected chi connectivity index (χ2v) is 15.0. The Morgan fingerprint density at radius 2 is 1.51 bits per heavy atom. The molecule has 2 saturated heterocycles. The highest BCUT2D eigenvalue weighted by atomic mass is 35.5. The molecule has 2 atom stereocenters. The minimum absolute atomic E-state index is 0.248. The normalized spacial score (nSPS) is 18.5. The van der Waals surface area contributed by atoms with Gasteiger partial charge in [0.2, 0.25) is 11.9 Å². The van der Waals surface area contributed by atoms with Gasteiger partial charge in [-0.2, -0.15) is 0 Å². The Labute approximate surface area is 291 Å². The van der Waals surface area contributed by atoms with Gasteiger partial charge >= 0.3 is 0 Å². The predicted octanol–water partition coefficient (Wildman–Crippen LogP) is 5.99. The molecule has 0 aliphatic carbocycles. The molecule has 2 fully saturated rings. The number of sulfone groups is 1. The summed E-state index contributed by atoms with van der Waals surface area (Å²) in [6.45, 7) is 5.49. The molecule has 2 aliphatic heterocycles. The van der Waals surface area contributed by atoms with Crippen LogP contribution in [0.5, 0.6) is 5.75 Å². The van der Waals surface area contributed by atoms with E-state index in [-0.39, 0.29) is 12.0 Å². The topological polar surface area (TPSA) is 127 Å². The average molecular weight is 714 g/mol. The summed E-state index contributed by atoms with van der Waals surface area (Å²) in [7, 11) is -3.02. The average Bonchev–Trinajstić information content (AvgIpc) is 3.09. The Morgan fingerprint density at radius 1 is 0.898 bits per heavy atom. The Kier molecular flexibility index (Phi) is 12.3. The number of hydrogen-bond acceptors (Lipinski definition) is 10. The van der Waals surface area contributed by atoms with Crippen molar-refractivity contribution in [2.24, 2.45) is 11.7 Å². The third-order valence-corrected chi connectivity index (χ3v) is 10.2. The molecule has 2 aliphatic rings. The maximum Gasteiger partial charge on any atom is 0.225 e. The van der Waals surface area contributed by atoms with Gasteiger partial charge in [-0.25, -0.2) is 37.1 Å². The van der Waals surface area contributed by atoms with Crippen molar-refractivity contribution >= 4 is 33.3 Å². The summed E-state index contributed by atoms with van der Waals surface area (Å²) in [6.07, 6.45) is 12.7. The maximum atomic E-state index is 14.2. The van der Waals surface area contributed by atoms with Crippen LogP contribution in [0.1, 0.15) is 49.1 Å². The van der Waals surface area contributed by atoms with Crippen molar-refractivity contribution in [1.82, 2.24) is 19.9 Å². The van der Waals surface area contributed by atoms with Crippen LogP contribution in [0.15, 0.2) is 72.1 Å². The molecule has 2 aromatic carbocycles. The molecule has 6 rings (SSSR count). The first kappa shape index (κ1) is 36.3. The maximum absolute atomic E-state index is 14.2. The van der Waals surface area contributed by atoms with Crippen LogP contribution in [-0.2, 0) is 9.84 Å². The molecule has 0 unspecified atom stereocenters. The van der Waals surface area contributed by atoms with Gasteiger partial charge in [0.15, 0.2) is 15.6 Å². The number of ether oxygens (including phenoxy) is 1. The zero-order chi connectivity index (χ0) is 35.0. The highest BCUT2D eigenvalue weighted by Crippen LogP contribution is 2.31. The number of piperidine rings is 2. The summed E-state index contributed by atoms with van der Waals surface area (Å²) in [5.41, 5.74) is 7.75. The molecule has 0 amide bonds. The van der Waals surface area contributed by atoms with E-state index in [1.54, 1.807) is 49.1 Å². The first-order valence-corrected chi connectivity index (χ1v) is 18.6. The van der Waals surface area contributed by atoms with E-state index >= 15 is 0 Å². The lowest BCUT2D eigenvalue weighted by atomic mass is 9.85. The number of halogens is 3. The van der Waals surface area contributed by atoms with E-state index in [0.717, 1.165) is 62.4 Å². The van der Waals surface area contributed by atoms with Crippen LogP contribution in [0.4, 0.5) is 20.7 Å². The number of anilines is 2. The minimum Gasteiger partial charge on any atom is -0.490 e. The van der Waals surface area contributed by atoms with Gasteiger partial charge < -0.3 is 20.3 Å². The van der Waals surface area contributed by atoms with E-state index in [0.29, 0.717) is 59.2 Å². The zero-order valence-corrected chi connectivity index (χ0v) is 29.3. The minimum atomic E-state index is -3.02. The summed E-state index contributed by atoms with van der Waals surface area (Å²) in [4.78, 5) is 22.1. The Balaban J connectivity index is 0.000000363. The number of nitrogens with two attached hydrogens (primary N) is 1. The Hall–Kier alpha value is -3.94. The molecular weight excluding hydrogens is 672 g/mol. The fourth-order valence-electron chi connectivity index (χ4n) is 6.13. The van der Waals surface area contributed by atoms with Gasteiger partial charge in [-0.1, -0.05) is 29.3 Å². The monoisotopic (exact) mass is 713 g/mol. The first-order chi connectivity index (χ1) is 23.5. The fourth-order valence-corrected chi connectivity index (χ4v) is 6.86. The third kappa shape index (κ3) is 10.3. The van der Waals surface area contributed by atoms with E-state index in [1.165, 1.54) is 12.3 Å². The van der Waals surface area contributed by atoms with Gasteiger partial charge in [0, 0.05) is 44.4 Å². The first-order valence-electron chi connectivity index (χ1n) is 16.4. The molecule has 0 bridgehead atoms. The molecule has 49 heavy (non-hydrogen) atoms. The molecule has 262 valence electrons. The van der Waals surface area contributed by atoms with Gasteiger partial charge in [-0.05, 0) is 80.8 Å². The van der Waals surface area contributed by atoms with Crippen molar-refractivity contribution in [2.45, 2.75) is 55.9 Å².